The van der Waals surface area contributed by atoms with Crippen LogP contribution in [0.3, 0.4) is 0 Å². The lowest BCUT2D eigenvalue weighted by molar-refractivity contribution is -0.139. The summed E-state index contributed by atoms with van der Waals surface area (Å²) < 4.78 is 48.6. The molecule has 0 radical (unpaired) electrons. The molecule has 0 bridgehead atoms. The zero-order chi connectivity index (χ0) is 32.4. The van der Waals surface area contributed by atoms with Gasteiger partial charge in [0, 0.05) is 24.9 Å². The highest BCUT2D eigenvalue weighted by atomic mass is 32.2. The van der Waals surface area contributed by atoms with Crippen molar-refractivity contribution in [1.29, 1.82) is 0 Å². The van der Waals surface area contributed by atoms with Gasteiger partial charge in [0.1, 0.15) is 24.2 Å². The predicted octanol–water partition coefficient (Wildman–Crippen LogP) is 5.53. The largest absolute Gasteiger partial charge is 0.494 e. The molecule has 4 aromatic carbocycles. The van der Waals surface area contributed by atoms with Gasteiger partial charge in [-0.2, -0.15) is 0 Å². The minimum Gasteiger partial charge on any atom is -0.494 e. The van der Waals surface area contributed by atoms with E-state index in [2.05, 4.69) is 5.32 Å². The summed E-state index contributed by atoms with van der Waals surface area (Å²) in [4.78, 5) is 29.9. The van der Waals surface area contributed by atoms with Crippen molar-refractivity contribution in [2.75, 3.05) is 30.8 Å². The number of halogens is 1. The molecule has 1 atom stereocenters. The summed E-state index contributed by atoms with van der Waals surface area (Å²) in [5.74, 6) is -0.918. The third-order valence-corrected chi connectivity index (χ3v) is 9.68. The fourth-order valence-electron chi connectivity index (χ4n) is 4.79. The van der Waals surface area contributed by atoms with Gasteiger partial charge < -0.3 is 15.0 Å². The van der Waals surface area contributed by atoms with Gasteiger partial charge in [-0.3, -0.25) is 13.9 Å². The number of hydrogen-bond acceptors (Lipinski definition) is 6. The second kappa shape index (κ2) is 15.6. The van der Waals surface area contributed by atoms with E-state index in [9.17, 15) is 22.4 Å². The molecule has 45 heavy (non-hydrogen) atoms. The fourth-order valence-corrected chi connectivity index (χ4v) is 6.61. The molecular formula is C34H36FN3O5S2. The Balaban J connectivity index is 1.78. The number of anilines is 1. The summed E-state index contributed by atoms with van der Waals surface area (Å²) in [7, 11) is -2.75. The Morgan fingerprint density at radius 1 is 0.889 bits per heavy atom. The zero-order valence-electron chi connectivity index (χ0n) is 25.4. The van der Waals surface area contributed by atoms with Gasteiger partial charge >= 0.3 is 0 Å². The summed E-state index contributed by atoms with van der Waals surface area (Å²) in [5, 5.41) is 2.65. The number of likely N-dealkylation sites (N-methyl/N-ethyl adjacent to an activating group) is 1. The molecule has 0 aliphatic rings. The van der Waals surface area contributed by atoms with Crippen LogP contribution >= 0.6 is 11.8 Å². The van der Waals surface area contributed by atoms with Crippen molar-refractivity contribution in [3.05, 3.63) is 120 Å². The Morgan fingerprint density at radius 2 is 1.53 bits per heavy atom. The average Bonchev–Trinajstić information content (AvgIpc) is 3.06. The van der Waals surface area contributed by atoms with Gasteiger partial charge in [0.25, 0.3) is 10.0 Å². The van der Waals surface area contributed by atoms with E-state index in [1.165, 1.54) is 60.1 Å². The smallest absolute Gasteiger partial charge is 0.264 e. The van der Waals surface area contributed by atoms with Crippen LogP contribution in [-0.4, -0.2) is 57.6 Å². The lowest BCUT2D eigenvalue weighted by atomic mass is 10.0. The SMILES string of the molecule is CCOc1ccc(N(CC(=O)N(Cc2ccc(F)cc2)[C@@H](Cc2ccccc2)C(=O)NC)S(=O)(=O)c2ccc(SC)cc2)cc1. The maximum absolute atomic E-state index is 14.3. The molecule has 0 aliphatic carbocycles. The molecule has 0 saturated heterocycles. The molecule has 0 fully saturated rings. The van der Waals surface area contributed by atoms with Crippen molar-refractivity contribution >= 4 is 39.3 Å². The van der Waals surface area contributed by atoms with Crippen LogP contribution in [0.4, 0.5) is 10.1 Å². The van der Waals surface area contributed by atoms with Gasteiger partial charge in [-0.05, 0) is 85.0 Å². The Labute approximate surface area is 268 Å². The number of rotatable bonds is 14. The second-order valence-electron chi connectivity index (χ2n) is 10.1. The third kappa shape index (κ3) is 8.64. The van der Waals surface area contributed by atoms with Crippen LogP contribution in [0.25, 0.3) is 0 Å². The first kappa shape index (κ1) is 33.5. The van der Waals surface area contributed by atoms with Gasteiger partial charge in [-0.1, -0.05) is 42.5 Å². The van der Waals surface area contributed by atoms with Crippen LogP contribution in [0.2, 0.25) is 0 Å². The van der Waals surface area contributed by atoms with E-state index in [0.717, 1.165) is 14.8 Å². The quantitative estimate of drug-likeness (QED) is 0.181. The van der Waals surface area contributed by atoms with Crippen LogP contribution in [0, 0.1) is 5.82 Å². The summed E-state index contributed by atoms with van der Waals surface area (Å²) in [5.41, 5.74) is 1.64. The van der Waals surface area contributed by atoms with Crippen LogP contribution in [0.5, 0.6) is 5.75 Å². The highest BCUT2D eigenvalue weighted by molar-refractivity contribution is 7.98. The van der Waals surface area contributed by atoms with Crippen LogP contribution in [0.1, 0.15) is 18.1 Å². The molecule has 4 aromatic rings. The van der Waals surface area contributed by atoms with Crippen molar-refractivity contribution in [3.8, 4) is 5.75 Å². The molecule has 1 N–H and O–H groups in total. The molecule has 0 saturated carbocycles. The number of thioether (sulfide) groups is 1. The van der Waals surface area contributed by atoms with E-state index in [1.54, 1.807) is 36.4 Å². The number of nitrogens with one attached hydrogen (secondary N) is 1. The van der Waals surface area contributed by atoms with Crippen LogP contribution in [0.15, 0.2) is 113 Å². The van der Waals surface area contributed by atoms with Crippen molar-refractivity contribution in [2.24, 2.45) is 0 Å². The lowest BCUT2D eigenvalue weighted by Crippen LogP contribution is -2.53. The number of sulfonamides is 1. The van der Waals surface area contributed by atoms with Gasteiger partial charge in [0.2, 0.25) is 11.8 Å². The molecule has 8 nitrogen and oxygen atoms in total. The van der Waals surface area contributed by atoms with E-state index < -0.39 is 40.2 Å². The number of hydrogen-bond donors (Lipinski definition) is 1. The van der Waals surface area contributed by atoms with E-state index >= 15 is 0 Å². The highest BCUT2D eigenvalue weighted by Gasteiger charge is 2.34. The number of carbonyl (C=O) groups excluding carboxylic acids is 2. The third-order valence-electron chi connectivity index (χ3n) is 7.15. The van der Waals surface area contributed by atoms with Crippen molar-refractivity contribution in [2.45, 2.75) is 35.7 Å². The summed E-state index contributed by atoms with van der Waals surface area (Å²) in [6.07, 6.45) is 2.07. The minimum absolute atomic E-state index is 0.0132. The first-order chi connectivity index (χ1) is 21.7. The Bertz CT molecular complexity index is 1670. The van der Waals surface area contributed by atoms with E-state index in [0.29, 0.717) is 17.9 Å². The molecule has 0 unspecified atom stereocenters. The molecule has 236 valence electrons. The maximum Gasteiger partial charge on any atom is 0.264 e. The molecule has 0 spiro atoms. The molecular weight excluding hydrogens is 614 g/mol. The first-order valence-electron chi connectivity index (χ1n) is 14.3. The van der Waals surface area contributed by atoms with Crippen molar-refractivity contribution < 1.29 is 27.1 Å². The first-order valence-corrected chi connectivity index (χ1v) is 17.0. The van der Waals surface area contributed by atoms with Crippen molar-refractivity contribution in [3.63, 3.8) is 0 Å². The number of nitrogens with zero attached hydrogens (tertiary/aromatic N) is 2. The average molecular weight is 650 g/mol. The van der Waals surface area contributed by atoms with Gasteiger partial charge in [0.05, 0.1) is 17.2 Å². The Morgan fingerprint density at radius 3 is 2.11 bits per heavy atom. The van der Waals surface area contributed by atoms with Gasteiger partial charge in [-0.15, -0.1) is 11.8 Å². The molecule has 11 heteroatoms. The standard InChI is InChI=1S/C34H36FN3O5S2/c1-4-43-29-16-14-28(15-17-29)38(45(41,42)31-20-18-30(44-3)19-21-31)24-33(39)37(23-26-10-12-27(35)13-11-26)32(34(40)36-2)22-25-8-6-5-7-9-25/h5-21,32H,4,22-24H2,1-3H3,(H,36,40)/t32-/m0/s1. The predicted molar refractivity (Wildman–Crippen MR) is 175 cm³/mol. The molecule has 0 heterocycles. The Kier molecular flexibility index (Phi) is 11.6. The summed E-state index contributed by atoms with van der Waals surface area (Å²) >= 11 is 1.48. The number of amides is 2. The van der Waals surface area contributed by atoms with Crippen molar-refractivity contribution in [1.82, 2.24) is 10.2 Å². The normalized spacial score (nSPS) is 11.8. The highest BCUT2D eigenvalue weighted by Crippen LogP contribution is 2.28. The number of ether oxygens (including phenoxy) is 1. The van der Waals surface area contributed by atoms with E-state index in [4.69, 9.17) is 4.74 Å². The van der Waals surface area contributed by atoms with Crippen LogP contribution < -0.4 is 14.4 Å². The number of carbonyl (C=O) groups is 2. The topological polar surface area (TPSA) is 96.0 Å². The Hall–Kier alpha value is -4.35. The fraction of sp³-hybridized carbons (Fsp3) is 0.235. The molecule has 4 rings (SSSR count). The molecule has 0 aliphatic heterocycles. The monoisotopic (exact) mass is 649 g/mol. The van der Waals surface area contributed by atoms with Gasteiger partial charge in [-0.25, -0.2) is 12.8 Å². The van der Waals surface area contributed by atoms with E-state index in [1.807, 2.05) is 43.5 Å². The minimum atomic E-state index is -4.24. The zero-order valence-corrected chi connectivity index (χ0v) is 27.0. The molecule has 2 amide bonds. The number of benzene rings is 4. The van der Waals surface area contributed by atoms with Crippen LogP contribution in [-0.2, 0) is 32.6 Å². The lowest BCUT2D eigenvalue weighted by Gasteiger charge is -2.33. The molecule has 0 aromatic heterocycles. The maximum atomic E-state index is 14.3. The summed E-state index contributed by atoms with van der Waals surface area (Å²) in [6, 6.07) is 26.7. The summed E-state index contributed by atoms with van der Waals surface area (Å²) in [6.45, 7) is 1.63. The second-order valence-corrected chi connectivity index (χ2v) is 12.8. The van der Waals surface area contributed by atoms with E-state index in [-0.39, 0.29) is 23.5 Å². The van der Waals surface area contributed by atoms with Gasteiger partial charge in [0.15, 0.2) is 0 Å².